The summed E-state index contributed by atoms with van der Waals surface area (Å²) in [6.45, 7) is 2.78. The van der Waals surface area contributed by atoms with Gasteiger partial charge in [-0.15, -0.1) is 0 Å². The molecule has 0 atom stereocenters. The number of H-pyrrole nitrogens is 1. The molecule has 5 N–H and O–H groups in total. The number of hydrogen-bond donors (Lipinski definition) is 4. The zero-order chi connectivity index (χ0) is 19.4. The second-order valence-electron chi connectivity index (χ2n) is 5.62. The van der Waals surface area contributed by atoms with Gasteiger partial charge >= 0.3 is 5.97 Å². The fraction of sp³-hybridized carbons (Fsp3) is 0.176. The van der Waals surface area contributed by atoms with Crippen LogP contribution in [0.3, 0.4) is 0 Å². The van der Waals surface area contributed by atoms with Gasteiger partial charge in [0.2, 0.25) is 5.95 Å². The van der Waals surface area contributed by atoms with E-state index >= 15 is 0 Å². The third-order valence-corrected chi connectivity index (χ3v) is 3.73. The molecular formula is C17H16N8O2. The van der Waals surface area contributed by atoms with E-state index in [1.165, 1.54) is 6.07 Å². The summed E-state index contributed by atoms with van der Waals surface area (Å²) in [6.07, 6.45) is 4.10. The highest BCUT2D eigenvalue weighted by atomic mass is 16.4. The van der Waals surface area contributed by atoms with Crippen molar-refractivity contribution < 1.29 is 9.90 Å². The minimum atomic E-state index is -1.14. The lowest BCUT2D eigenvalue weighted by molar-refractivity contribution is 0.0690. The molecule has 0 saturated carbocycles. The van der Waals surface area contributed by atoms with E-state index in [9.17, 15) is 10.1 Å². The van der Waals surface area contributed by atoms with Gasteiger partial charge in [-0.25, -0.2) is 19.7 Å². The standard InChI is InChI=1S/C17H16N8O2/c1-2-3-20-17-21-7-9(8-22-17)10-4-12(23-15(19)11(10)6-18)13-5-14(16(26)27)25-24-13/h4-5,7-8H,2-3H2,1H3,(H2,19,23)(H,24,25)(H,26,27)(H,20,21,22). The topological polar surface area (TPSA) is 166 Å². The number of carboxylic acids is 1. The number of aromatic nitrogens is 5. The Labute approximate surface area is 154 Å². The number of carbonyl (C=O) groups is 1. The fourth-order valence-corrected chi connectivity index (χ4v) is 2.40. The van der Waals surface area contributed by atoms with Crippen molar-refractivity contribution in [1.82, 2.24) is 25.1 Å². The average molecular weight is 364 g/mol. The minimum absolute atomic E-state index is 0.0121. The first-order valence-electron chi connectivity index (χ1n) is 8.09. The molecule has 27 heavy (non-hydrogen) atoms. The van der Waals surface area contributed by atoms with E-state index in [1.54, 1.807) is 18.5 Å². The van der Waals surface area contributed by atoms with Crippen LogP contribution in [0.4, 0.5) is 11.8 Å². The number of hydrogen-bond acceptors (Lipinski definition) is 8. The Kier molecular flexibility index (Phi) is 4.94. The molecule has 0 radical (unpaired) electrons. The highest BCUT2D eigenvalue weighted by molar-refractivity contribution is 5.87. The first-order chi connectivity index (χ1) is 13.0. The van der Waals surface area contributed by atoms with Crippen LogP contribution in [0.25, 0.3) is 22.5 Å². The van der Waals surface area contributed by atoms with Gasteiger partial charge in [0.15, 0.2) is 0 Å². The lowest BCUT2D eigenvalue weighted by Gasteiger charge is -2.09. The van der Waals surface area contributed by atoms with Crippen molar-refractivity contribution in [2.45, 2.75) is 13.3 Å². The number of anilines is 2. The summed E-state index contributed by atoms with van der Waals surface area (Å²) in [7, 11) is 0. The summed E-state index contributed by atoms with van der Waals surface area (Å²) in [5.74, 6) is -0.642. The Morgan fingerprint density at radius 2 is 2.07 bits per heavy atom. The van der Waals surface area contributed by atoms with Gasteiger partial charge in [0, 0.05) is 36.1 Å². The maximum Gasteiger partial charge on any atom is 0.353 e. The van der Waals surface area contributed by atoms with E-state index in [-0.39, 0.29) is 17.1 Å². The number of nitrogens with one attached hydrogen (secondary N) is 2. The number of nitrogens with zero attached hydrogens (tertiary/aromatic N) is 5. The molecule has 10 heteroatoms. The number of nitriles is 1. The van der Waals surface area contributed by atoms with Crippen LogP contribution in [0.15, 0.2) is 24.5 Å². The third-order valence-electron chi connectivity index (χ3n) is 3.73. The van der Waals surface area contributed by atoms with Crippen molar-refractivity contribution in [2.24, 2.45) is 0 Å². The Hall–Kier alpha value is -4.00. The van der Waals surface area contributed by atoms with Gasteiger partial charge in [-0.2, -0.15) is 10.4 Å². The number of rotatable bonds is 6. The number of carboxylic acid groups (broad SMARTS) is 1. The Balaban J connectivity index is 2.04. The van der Waals surface area contributed by atoms with E-state index in [2.05, 4.69) is 30.5 Å². The van der Waals surface area contributed by atoms with Crippen molar-refractivity contribution in [3.8, 4) is 28.6 Å². The van der Waals surface area contributed by atoms with Crippen molar-refractivity contribution in [3.05, 3.63) is 35.8 Å². The summed E-state index contributed by atoms with van der Waals surface area (Å²) >= 11 is 0. The van der Waals surface area contributed by atoms with Crippen LogP contribution in [0, 0.1) is 11.3 Å². The number of pyridine rings is 1. The number of nitrogen functional groups attached to an aromatic ring is 1. The van der Waals surface area contributed by atoms with Gasteiger partial charge in [-0.3, -0.25) is 5.10 Å². The van der Waals surface area contributed by atoms with Gasteiger partial charge < -0.3 is 16.2 Å². The van der Waals surface area contributed by atoms with E-state index in [1.807, 2.05) is 13.0 Å². The van der Waals surface area contributed by atoms with Crippen molar-refractivity contribution in [1.29, 1.82) is 5.26 Å². The van der Waals surface area contributed by atoms with Gasteiger partial charge in [-0.1, -0.05) is 6.92 Å². The molecule has 0 aliphatic rings. The number of nitrogens with two attached hydrogens (primary N) is 1. The molecule has 3 aromatic heterocycles. The van der Waals surface area contributed by atoms with Crippen LogP contribution in [-0.2, 0) is 0 Å². The second-order valence-corrected chi connectivity index (χ2v) is 5.62. The summed E-state index contributed by atoms with van der Waals surface area (Å²) in [4.78, 5) is 23.7. The molecule has 0 saturated heterocycles. The highest BCUT2D eigenvalue weighted by Crippen LogP contribution is 2.30. The van der Waals surface area contributed by atoms with Crippen LogP contribution >= 0.6 is 0 Å². The first-order valence-corrected chi connectivity index (χ1v) is 8.09. The third kappa shape index (κ3) is 3.67. The lowest BCUT2D eigenvalue weighted by Crippen LogP contribution is -2.04. The zero-order valence-electron chi connectivity index (χ0n) is 14.4. The summed E-state index contributed by atoms with van der Waals surface area (Å²) in [6, 6.07) is 4.98. The number of aromatic carboxylic acids is 1. The highest BCUT2D eigenvalue weighted by Gasteiger charge is 2.17. The normalized spacial score (nSPS) is 10.4. The van der Waals surface area contributed by atoms with Crippen LogP contribution < -0.4 is 11.1 Å². The molecule has 0 fully saturated rings. The molecular weight excluding hydrogens is 348 g/mol. The van der Waals surface area contributed by atoms with Gasteiger partial charge in [-0.05, 0) is 12.5 Å². The molecule has 10 nitrogen and oxygen atoms in total. The predicted molar refractivity (Wildman–Crippen MR) is 97.7 cm³/mol. The monoisotopic (exact) mass is 364 g/mol. The molecule has 136 valence electrons. The SMILES string of the molecule is CCCNc1ncc(-c2cc(-c3cc(C(=O)O)[nH]n3)nc(N)c2C#N)cn1. The van der Waals surface area contributed by atoms with Crippen LogP contribution in [0.5, 0.6) is 0 Å². The minimum Gasteiger partial charge on any atom is -0.477 e. The van der Waals surface area contributed by atoms with Crippen molar-refractivity contribution >= 4 is 17.7 Å². The molecule has 3 heterocycles. The quantitative estimate of drug-likeness (QED) is 0.510. The Morgan fingerprint density at radius 3 is 2.67 bits per heavy atom. The molecule has 0 amide bonds. The molecule has 3 aromatic rings. The van der Waals surface area contributed by atoms with Gasteiger partial charge in [0.1, 0.15) is 28.8 Å². The maximum atomic E-state index is 11.0. The summed E-state index contributed by atoms with van der Waals surface area (Å²) in [5, 5.41) is 27.9. The molecule has 0 aliphatic heterocycles. The van der Waals surface area contributed by atoms with Crippen LogP contribution in [0.2, 0.25) is 0 Å². The molecule has 0 bridgehead atoms. The molecule has 3 rings (SSSR count). The van der Waals surface area contributed by atoms with Gasteiger partial charge in [0.25, 0.3) is 0 Å². The average Bonchev–Trinajstić information content (AvgIpc) is 3.17. The predicted octanol–water partition coefficient (Wildman–Crippen LogP) is 1.90. The maximum absolute atomic E-state index is 11.0. The van der Waals surface area contributed by atoms with Crippen molar-refractivity contribution in [3.63, 3.8) is 0 Å². The van der Waals surface area contributed by atoms with Crippen LogP contribution in [0.1, 0.15) is 29.4 Å². The molecule has 0 spiro atoms. The van der Waals surface area contributed by atoms with E-state index in [4.69, 9.17) is 10.8 Å². The first kappa shape index (κ1) is 17.8. The zero-order valence-corrected chi connectivity index (χ0v) is 14.4. The van der Waals surface area contributed by atoms with E-state index in [0.717, 1.165) is 13.0 Å². The molecule has 0 aromatic carbocycles. The smallest absolute Gasteiger partial charge is 0.353 e. The van der Waals surface area contributed by atoms with Crippen LogP contribution in [-0.4, -0.2) is 42.8 Å². The van der Waals surface area contributed by atoms with Gasteiger partial charge in [0.05, 0.1) is 5.69 Å². The van der Waals surface area contributed by atoms with E-state index in [0.29, 0.717) is 28.5 Å². The Bertz CT molecular complexity index is 1020. The Morgan fingerprint density at radius 1 is 1.33 bits per heavy atom. The second kappa shape index (κ2) is 7.49. The number of aromatic amines is 1. The summed E-state index contributed by atoms with van der Waals surface area (Å²) < 4.78 is 0. The summed E-state index contributed by atoms with van der Waals surface area (Å²) in [5.41, 5.74) is 7.74. The van der Waals surface area contributed by atoms with Crippen molar-refractivity contribution in [2.75, 3.05) is 17.6 Å². The van der Waals surface area contributed by atoms with E-state index < -0.39 is 5.97 Å². The lowest BCUT2D eigenvalue weighted by atomic mass is 10.0. The molecule has 0 unspecified atom stereocenters. The molecule has 0 aliphatic carbocycles. The fourth-order valence-electron chi connectivity index (χ4n) is 2.40. The largest absolute Gasteiger partial charge is 0.477 e.